The molecular weight excluding hydrogens is 532 g/mol. The summed E-state index contributed by atoms with van der Waals surface area (Å²) in [5, 5.41) is 5.98. The van der Waals surface area contributed by atoms with Crippen molar-refractivity contribution < 1.29 is 19.1 Å². The molecule has 8 heteroatoms. The van der Waals surface area contributed by atoms with Crippen LogP contribution < -0.4 is 15.4 Å². The first-order valence-electron chi connectivity index (χ1n) is 12.0. The number of hydrogen-bond donors (Lipinski definition) is 2. The third kappa shape index (κ3) is 7.83. The van der Waals surface area contributed by atoms with Crippen molar-refractivity contribution in [3.63, 3.8) is 0 Å². The molecule has 0 bridgehead atoms. The maximum atomic E-state index is 13.2. The van der Waals surface area contributed by atoms with Crippen LogP contribution in [-0.2, 0) is 4.79 Å². The number of methoxy groups -OCH3 is 1. The number of ether oxygens (including phenoxy) is 1. The summed E-state index contributed by atoms with van der Waals surface area (Å²) >= 11 is 7.50. The fourth-order valence-corrected chi connectivity index (χ4v) is 4.61. The van der Waals surface area contributed by atoms with Gasteiger partial charge in [-0.05, 0) is 72.3 Å². The molecule has 196 valence electrons. The zero-order valence-corrected chi connectivity index (χ0v) is 22.6. The average Bonchev–Trinajstić information content (AvgIpc) is 2.97. The summed E-state index contributed by atoms with van der Waals surface area (Å²) in [7, 11) is 1.56. The first-order valence-corrected chi connectivity index (χ1v) is 13.3. The number of hydrogen-bond acceptors (Lipinski definition) is 5. The van der Waals surface area contributed by atoms with Crippen molar-refractivity contribution in [1.29, 1.82) is 0 Å². The molecule has 0 aliphatic heterocycles. The van der Waals surface area contributed by atoms with Gasteiger partial charge in [0, 0.05) is 21.7 Å². The SMILES string of the molecule is COc1cccc(/C=C(\NC(=O)c2ccccc2)C(=O)Nc2ccc(SCC(=O)c3ccccc3Cl)cc2)c1. The standard InChI is InChI=1S/C31H25ClN2O4S/c1-38-24-11-7-8-21(18-24)19-28(34-30(36)22-9-3-2-4-10-22)31(37)33-23-14-16-25(17-15-23)39-20-29(35)26-12-5-6-13-27(26)32/h2-19H,20H2,1H3,(H,33,37)(H,34,36)/b28-19-. The Balaban J connectivity index is 1.46. The highest BCUT2D eigenvalue weighted by Crippen LogP contribution is 2.24. The molecule has 0 radical (unpaired) electrons. The van der Waals surface area contributed by atoms with Gasteiger partial charge in [0.1, 0.15) is 11.4 Å². The second-order valence-electron chi connectivity index (χ2n) is 8.32. The number of carbonyl (C=O) groups is 3. The van der Waals surface area contributed by atoms with E-state index in [2.05, 4.69) is 10.6 Å². The van der Waals surface area contributed by atoms with Gasteiger partial charge in [0.2, 0.25) is 0 Å². The van der Waals surface area contributed by atoms with Crippen molar-refractivity contribution in [3.05, 3.63) is 131 Å². The van der Waals surface area contributed by atoms with Crippen LogP contribution in [0.5, 0.6) is 5.75 Å². The average molecular weight is 557 g/mol. The maximum Gasteiger partial charge on any atom is 0.272 e. The molecule has 0 unspecified atom stereocenters. The number of anilines is 1. The van der Waals surface area contributed by atoms with Crippen LogP contribution in [0.25, 0.3) is 6.08 Å². The molecular formula is C31H25ClN2O4S. The Morgan fingerprint density at radius 3 is 2.31 bits per heavy atom. The number of carbonyl (C=O) groups excluding carboxylic acids is 3. The van der Waals surface area contributed by atoms with Gasteiger partial charge < -0.3 is 15.4 Å². The summed E-state index contributed by atoms with van der Waals surface area (Å²) in [6, 6.07) is 29.9. The van der Waals surface area contributed by atoms with Gasteiger partial charge in [0.25, 0.3) is 11.8 Å². The van der Waals surface area contributed by atoms with Gasteiger partial charge >= 0.3 is 0 Å². The lowest BCUT2D eigenvalue weighted by molar-refractivity contribution is -0.113. The van der Waals surface area contributed by atoms with Crippen molar-refractivity contribution in [1.82, 2.24) is 5.32 Å². The van der Waals surface area contributed by atoms with Gasteiger partial charge in [-0.25, -0.2) is 0 Å². The molecule has 0 aromatic heterocycles. The zero-order chi connectivity index (χ0) is 27.6. The fourth-order valence-electron chi connectivity index (χ4n) is 3.59. The van der Waals surface area contributed by atoms with E-state index in [1.165, 1.54) is 11.8 Å². The summed E-state index contributed by atoms with van der Waals surface area (Å²) in [5.74, 6) is -0.108. The highest BCUT2D eigenvalue weighted by Gasteiger charge is 2.16. The molecule has 2 amide bonds. The highest BCUT2D eigenvalue weighted by molar-refractivity contribution is 8.00. The number of ketones is 1. The zero-order valence-electron chi connectivity index (χ0n) is 21.0. The summed E-state index contributed by atoms with van der Waals surface area (Å²) in [6.07, 6.45) is 1.59. The molecule has 4 aromatic carbocycles. The molecule has 4 aromatic rings. The Labute approximate surface area is 236 Å². The Morgan fingerprint density at radius 1 is 0.872 bits per heavy atom. The molecule has 0 atom stereocenters. The molecule has 2 N–H and O–H groups in total. The molecule has 0 heterocycles. The smallest absolute Gasteiger partial charge is 0.272 e. The van der Waals surface area contributed by atoms with E-state index in [1.807, 2.05) is 18.2 Å². The number of thioether (sulfide) groups is 1. The Hall–Kier alpha value is -4.33. The van der Waals surface area contributed by atoms with Crippen molar-refractivity contribution in [2.24, 2.45) is 0 Å². The van der Waals surface area contributed by atoms with E-state index in [0.717, 1.165) is 4.90 Å². The van der Waals surface area contributed by atoms with E-state index < -0.39 is 11.8 Å². The van der Waals surface area contributed by atoms with E-state index >= 15 is 0 Å². The van der Waals surface area contributed by atoms with E-state index in [0.29, 0.717) is 33.1 Å². The molecule has 4 rings (SSSR count). The number of Topliss-reactive ketones (excluding diaryl/α,β-unsaturated/α-hetero) is 1. The Kier molecular flexibility index (Phi) is 9.56. The number of nitrogens with one attached hydrogen (secondary N) is 2. The third-order valence-electron chi connectivity index (χ3n) is 5.59. The van der Waals surface area contributed by atoms with E-state index in [-0.39, 0.29) is 17.2 Å². The number of amides is 2. The minimum atomic E-state index is -0.489. The predicted molar refractivity (Wildman–Crippen MR) is 156 cm³/mol. The molecule has 0 spiro atoms. The van der Waals surface area contributed by atoms with Crippen LogP contribution in [0.4, 0.5) is 5.69 Å². The molecule has 6 nitrogen and oxygen atoms in total. The molecule has 0 aliphatic rings. The second-order valence-corrected chi connectivity index (χ2v) is 9.78. The molecule has 39 heavy (non-hydrogen) atoms. The number of benzene rings is 4. The quantitative estimate of drug-likeness (QED) is 0.128. The van der Waals surface area contributed by atoms with Crippen molar-refractivity contribution >= 4 is 52.7 Å². The summed E-state index contributed by atoms with van der Waals surface area (Å²) in [5.41, 5.74) is 2.20. The first kappa shape index (κ1) is 27.7. The van der Waals surface area contributed by atoms with Crippen LogP contribution in [0.15, 0.2) is 114 Å². The predicted octanol–water partition coefficient (Wildman–Crippen LogP) is 6.73. The lowest BCUT2D eigenvalue weighted by Crippen LogP contribution is -2.30. The molecule has 0 saturated heterocycles. The Morgan fingerprint density at radius 2 is 1.59 bits per heavy atom. The van der Waals surface area contributed by atoms with Crippen LogP contribution in [0, 0.1) is 0 Å². The fraction of sp³-hybridized carbons (Fsp3) is 0.0645. The maximum absolute atomic E-state index is 13.2. The van der Waals surface area contributed by atoms with E-state index in [4.69, 9.17) is 16.3 Å². The third-order valence-corrected chi connectivity index (χ3v) is 6.93. The summed E-state index contributed by atoms with van der Waals surface area (Å²) in [6.45, 7) is 0. The van der Waals surface area contributed by atoms with Crippen LogP contribution in [0.2, 0.25) is 5.02 Å². The first-order chi connectivity index (χ1) is 18.9. The minimum absolute atomic E-state index is 0.0653. The van der Waals surface area contributed by atoms with Gasteiger partial charge in [-0.15, -0.1) is 11.8 Å². The Bertz CT molecular complexity index is 1500. The van der Waals surface area contributed by atoms with Gasteiger partial charge in [0.15, 0.2) is 5.78 Å². The molecule has 0 saturated carbocycles. The highest BCUT2D eigenvalue weighted by atomic mass is 35.5. The number of halogens is 1. The lowest BCUT2D eigenvalue weighted by Gasteiger charge is -2.12. The van der Waals surface area contributed by atoms with Gasteiger partial charge in [-0.3, -0.25) is 14.4 Å². The van der Waals surface area contributed by atoms with Gasteiger partial charge in [0.05, 0.1) is 17.9 Å². The van der Waals surface area contributed by atoms with Crippen molar-refractivity contribution in [2.45, 2.75) is 4.90 Å². The van der Waals surface area contributed by atoms with E-state index in [9.17, 15) is 14.4 Å². The van der Waals surface area contributed by atoms with Gasteiger partial charge in [-0.1, -0.05) is 54.1 Å². The minimum Gasteiger partial charge on any atom is -0.497 e. The lowest BCUT2D eigenvalue weighted by atomic mass is 10.1. The van der Waals surface area contributed by atoms with Crippen LogP contribution in [0.1, 0.15) is 26.3 Å². The summed E-state index contributed by atoms with van der Waals surface area (Å²) in [4.78, 5) is 39.4. The normalized spacial score (nSPS) is 11.0. The topological polar surface area (TPSA) is 84.5 Å². The van der Waals surface area contributed by atoms with E-state index in [1.54, 1.807) is 98.1 Å². The van der Waals surface area contributed by atoms with Gasteiger partial charge in [-0.2, -0.15) is 0 Å². The van der Waals surface area contributed by atoms with Crippen LogP contribution in [0.3, 0.4) is 0 Å². The molecule has 0 fully saturated rings. The summed E-state index contributed by atoms with van der Waals surface area (Å²) < 4.78 is 5.27. The van der Waals surface area contributed by atoms with Crippen molar-refractivity contribution in [2.75, 3.05) is 18.2 Å². The monoisotopic (exact) mass is 556 g/mol. The number of rotatable bonds is 10. The van der Waals surface area contributed by atoms with Crippen LogP contribution >= 0.6 is 23.4 Å². The van der Waals surface area contributed by atoms with Crippen LogP contribution in [-0.4, -0.2) is 30.5 Å². The largest absolute Gasteiger partial charge is 0.497 e. The van der Waals surface area contributed by atoms with Crippen molar-refractivity contribution in [3.8, 4) is 5.75 Å². The second kappa shape index (κ2) is 13.5. The molecule has 0 aliphatic carbocycles.